The fraction of sp³-hybridized carbons (Fsp3) is 0.462. The first-order valence-electron chi connectivity index (χ1n) is 5.90. The van der Waals surface area contributed by atoms with Crippen molar-refractivity contribution in [2.45, 2.75) is 26.7 Å². The largest absolute Gasteiger partial charge is 0.463 e. The van der Waals surface area contributed by atoms with Gasteiger partial charge in [-0.1, -0.05) is 13.8 Å². The van der Waals surface area contributed by atoms with Gasteiger partial charge in [0, 0.05) is 12.1 Å². The number of esters is 1. The van der Waals surface area contributed by atoms with Crippen LogP contribution in [0.25, 0.3) is 11.1 Å². The van der Waals surface area contributed by atoms with Gasteiger partial charge in [0.2, 0.25) is 0 Å². The van der Waals surface area contributed by atoms with Gasteiger partial charge in [0.25, 0.3) is 0 Å². The van der Waals surface area contributed by atoms with Crippen molar-refractivity contribution in [3.05, 3.63) is 24.1 Å². The number of hydrogen-bond donors (Lipinski definition) is 1. The average molecular weight is 235 g/mol. The number of aromatic nitrogens is 1. The molecule has 0 radical (unpaired) electrons. The lowest BCUT2D eigenvalue weighted by Gasteiger charge is -2.05. The van der Waals surface area contributed by atoms with E-state index in [0.29, 0.717) is 23.8 Å². The van der Waals surface area contributed by atoms with Crippen LogP contribution in [0, 0.1) is 5.92 Å². The molecule has 2 aromatic heterocycles. The van der Waals surface area contributed by atoms with Crippen molar-refractivity contribution in [3.63, 3.8) is 0 Å². The van der Waals surface area contributed by atoms with Gasteiger partial charge in [-0.2, -0.15) is 0 Å². The Labute approximate surface area is 99.9 Å². The Kier molecular flexibility index (Phi) is 3.52. The van der Waals surface area contributed by atoms with E-state index in [2.05, 4.69) is 18.8 Å². The van der Waals surface area contributed by atoms with Crippen LogP contribution in [-0.4, -0.2) is 17.6 Å². The molecule has 0 saturated heterocycles. The van der Waals surface area contributed by atoms with E-state index in [1.807, 2.05) is 0 Å². The van der Waals surface area contributed by atoms with Crippen molar-refractivity contribution in [2.24, 2.45) is 5.92 Å². The molecule has 0 aliphatic rings. The van der Waals surface area contributed by atoms with Gasteiger partial charge in [0.15, 0.2) is 5.58 Å². The van der Waals surface area contributed by atoms with E-state index in [-0.39, 0.29) is 5.97 Å². The summed E-state index contributed by atoms with van der Waals surface area (Å²) < 4.78 is 10.3. The lowest BCUT2D eigenvalue weighted by Crippen LogP contribution is -2.07. The molecule has 0 aliphatic carbocycles. The second kappa shape index (κ2) is 5.08. The van der Waals surface area contributed by atoms with Gasteiger partial charge in [0.1, 0.15) is 5.69 Å². The number of carbonyl (C=O) groups is 1. The van der Waals surface area contributed by atoms with E-state index in [0.717, 1.165) is 18.4 Å². The smallest absolute Gasteiger partial charge is 0.354 e. The fourth-order valence-electron chi connectivity index (χ4n) is 1.69. The number of nitrogens with one attached hydrogen (secondary N) is 1. The Morgan fingerprint density at radius 1 is 1.53 bits per heavy atom. The monoisotopic (exact) mass is 235 g/mol. The molecule has 2 aromatic rings. The zero-order chi connectivity index (χ0) is 12.3. The number of furan rings is 1. The topological polar surface area (TPSA) is 55.2 Å². The van der Waals surface area contributed by atoms with Crippen LogP contribution in [0.2, 0.25) is 0 Å². The molecule has 17 heavy (non-hydrogen) atoms. The highest BCUT2D eigenvalue weighted by Gasteiger charge is 2.12. The predicted octanol–water partition coefficient (Wildman–Crippen LogP) is 3.35. The molecule has 0 fully saturated rings. The van der Waals surface area contributed by atoms with Crippen molar-refractivity contribution < 1.29 is 13.9 Å². The lowest BCUT2D eigenvalue weighted by atomic mass is 10.1. The summed E-state index contributed by atoms with van der Waals surface area (Å²) in [5.74, 6) is 0.321. The molecule has 0 saturated carbocycles. The minimum Gasteiger partial charge on any atom is -0.463 e. The van der Waals surface area contributed by atoms with Crippen molar-refractivity contribution in [3.8, 4) is 0 Å². The highest BCUT2D eigenvalue weighted by atomic mass is 16.5. The van der Waals surface area contributed by atoms with E-state index in [1.54, 1.807) is 18.4 Å². The Morgan fingerprint density at radius 3 is 3.06 bits per heavy atom. The maximum absolute atomic E-state index is 11.7. The summed E-state index contributed by atoms with van der Waals surface area (Å²) in [5, 5.41) is 0. The zero-order valence-corrected chi connectivity index (χ0v) is 10.2. The molecular weight excluding hydrogens is 218 g/mol. The highest BCUT2D eigenvalue weighted by Crippen LogP contribution is 2.16. The third-order valence-corrected chi connectivity index (χ3v) is 2.62. The number of rotatable bonds is 5. The summed E-state index contributed by atoms with van der Waals surface area (Å²) in [7, 11) is 0. The predicted molar refractivity (Wildman–Crippen MR) is 64.9 cm³/mol. The molecule has 0 unspecified atom stereocenters. The third kappa shape index (κ3) is 2.90. The summed E-state index contributed by atoms with van der Waals surface area (Å²) in [6.45, 7) is 4.78. The zero-order valence-electron chi connectivity index (χ0n) is 10.2. The minimum absolute atomic E-state index is 0.319. The number of H-pyrrole nitrogens is 1. The number of hydrogen-bond acceptors (Lipinski definition) is 3. The van der Waals surface area contributed by atoms with E-state index in [4.69, 9.17) is 9.15 Å². The van der Waals surface area contributed by atoms with Crippen LogP contribution in [-0.2, 0) is 4.74 Å². The molecule has 0 spiro atoms. The summed E-state index contributed by atoms with van der Waals surface area (Å²) >= 11 is 0. The van der Waals surface area contributed by atoms with Crippen LogP contribution in [0.1, 0.15) is 37.2 Å². The second-order valence-electron chi connectivity index (χ2n) is 4.55. The normalized spacial score (nSPS) is 11.2. The Bertz CT molecular complexity index is 467. The van der Waals surface area contributed by atoms with Crippen molar-refractivity contribution in [1.29, 1.82) is 0 Å². The van der Waals surface area contributed by atoms with Gasteiger partial charge in [-0.25, -0.2) is 4.79 Å². The Hall–Kier alpha value is -1.71. The van der Waals surface area contributed by atoms with Gasteiger partial charge in [-0.15, -0.1) is 0 Å². The van der Waals surface area contributed by atoms with Gasteiger partial charge in [-0.3, -0.25) is 0 Å². The van der Waals surface area contributed by atoms with Crippen LogP contribution in [0.4, 0.5) is 0 Å². The van der Waals surface area contributed by atoms with Gasteiger partial charge in [0.05, 0.1) is 18.4 Å². The molecule has 0 aliphatic heterocycles. The molecule has 1 N–H and O–H groups in total. The fourth-order valence-corrected chi connectivity index (χ4v) is 1.69. The average Bonchev–Trinajstić information content (AvgIpc) is 2.83. The summed E-state index contributed by atoms with van der Waals surface area (Å²) in [6.07, 6.45) is 3.56. The standard InChI is InChI=1S/C13H17NO3/c1-9(2)4-3-6-17-13(15)11-8-12-10(14-11)5-7-16-12/h5,7-9,14H,3-4,6H2,1-2H3. The maximum atomic E-state index is 11.7. The Balaban J connectivity index is 1.85. The summed E-state index contributed by atoms with van der Waals surface area (Å²) in [4.78, 5) is 14.6. The first-order chi connectivity index (χ1) is 8.16. The highest BCUT2D eigenvalue weighted by molar-refractivity contribution is 5.93. The van der Waals surface area contributed by atoms with Gasteiger partial charge < -0.3 is 14.1 Å². The lowest BCUT2D eigenvalue weighted by molar-refractivity contribution is 0.0489. The van der Waals surface area contributed by atoms with E-state index >= 15 is 0 Å². The number of aromatic amines is 1. The van der Waals surface area contributed by atoms with Crippen molar-refractivity contribution >= 4 is 17.1 Å². The molecule has 92 valence electrons. The maximum Gasteiger partial charge on any atom is 0.354 e. The molecule has 2 rings (SSSR count). The minimum atomic E-state index is -0.319. The SMILES string of the molecule is CC(C)CCCOC(=O)c1cc2occc2[nH]1. The molecule has 4 heteroatoms. The molecule has 0 bridgehead atoms. The number of ether oxygens (including phenoxy) is 1. The molecule has 0 amide bonds. The van der Waals surface area contributed by atoms with Gasteiger partial charge in [-0.05, 0) is 18.8 Å². The van der Waals surface area contributed by atoms with Crippen LogP contribution in [0.5, 0.6) is 0 Å². The van der Waals surface area contributed by atoms with Crippen LogP contribution in [0.15, 0.2) is 22.8 Å². The van der Waals surface area contributed by atoms with Crippen LogP contribution >= 0.6 is 0 Å². The van der Waals surface area contributed by atoms with E-state index in [9.17, 15) is 4.79 Å². The summed E-state index contributed by atoms with van der Waals surface area (Å²) in [5.41, 5.74) is 1.95. The molecule has 2 heterocycles. The molecule has 4 nitrogen and oxygen atoms in total. The van der Waals surface area contributed by atoms with Crippen LogP contribution < -0.4 is 0 Å². The number of fused-ring (bicyclic) bond motifs is 1. The third-order valence-electron chi connectivity index (χ3n) is 2.62. The van der Waals surface area contributed by atoms with E-state index < -0.39 is 0 Å². The first-order valence-corrected chi connectivity index (χ1v) is 5.90. The molecule has 0 aromatic carbocycles. The second-order valence-corrected chi connectivity index (χ2v) is 4.55. The molecule has 0 atom stereocenters. The van der Waals surface area contributed by atoms with Crippen molar-refractivity contribution in [1.82, 2.24) is 4.98 Å². The van der Waals surface area contributed by atoms with Crippen molar-refractivity contribution in [2.75, 3.05) is 6.61 Å². The van der Waals surface area contributed by atoms with Gasteiger partial charge >= 0.3 is 5.97 Å². The quantitative estimate of drug-likeness (QED) is 0.638. The molecular formula is C13H17NO3. The Morgan fingerprint density at radius 2 is 2.35 bits per heavy atom. The van der Waals surface area contributed by atoms with Crippen LogP contribution in [0.3, 0.4) is 0 Å². The first kappa shape index (κ1) is 11.8. The number of carbonyl (C=O) groups excluding carboxylic acids is 1. The summed E-state index contributed by atoms with van der Waals surface area (Å²) in [6, 6.07) is 3.45. The van der Waals surface area contributed by atoms with E-state index in [1.165, 1.54) is 0 Å².